The van der Waals surface area contributed by atoms with Crippen LogP contribution in [0.5, 0.6) is 0 Å². The van der Waals surface area contributed by atoms with E-state index >= 15 is 0 Å². The van der Waals surface area contributed by atoms with Crippen molar-refractivity contribution in [2.75, 3.05) is 6.54 Å². The molecule has 150 valence electrons. The van der Waals surface area contributed by atoms with Gasteiger partial charge in [0.25, 0.3) is 11.3 Å². The Balaban J connectivity index is 1.53. The van der Waals surface area contributed by atoms with Gasteiger partial charge in [0, 0.05) is 23.6 Å². The summed E-state index contributed by atoms with van der Waals surface area (Å²) in [6.45, 7) is 8.40. The number of nitrogens with zero attached hydrogens (tertiary/aromatic N) is 4. The lowest BCUT2D eigenvalue weighted by atomic mass is 9.72. The smallest absolute Gasteiger partial charge is 0.410 e. The van der Waals surface area contributed by atoms with Gasteiger partial charge in [-0.15, -0.1) is 0 Å². The van der Waals surface area contributed by atoms with Crippen molar-refractivity contribution in [1.82, 2.24) is 24.5 Å². The van der Waals surface area contributed by atoms with E-state index in [-0.39, 0.29) is 34.9 Å². The van der Waals surface area contributed by atoms with Crippen molar-refractivity contribution in [1.29, 1.82) is 0 Å². The van der Waals surface area contributed by atoms with Crippen LogP contribution in [0.3, 0.4) is 0 Å². The zero-order chi connectivity index (χ0) is 20.0. The standard InChI is InChI=1S/C19H24BrN5O3/c1-9-8-19(12-13(9)21-16-22-15(20)23-25(16)14(12)26)5-6-24(11-7-10(11)19)17(27)28-18(2,3)4/h9-11H,5-8H2,1-4H3,(H,21,22,23). The summed E-state index contributed by atoms with van der Waals surface area (Å²) in [6.07, 6.45) is 2.34. The van der Waals surface area contributed by atoms with Crippen molar-refractivity contribution in [3.63, 3.8) is 0 Å². The number of hydrogen-bond donors (Lipinski definition) is 1. The Labute approximate surface area is 170 Å². The third kappa shape index (κ3) is 2.47. The number of fused-ring (bicyclic) bond motifs is 5. The number of rotatable bonds is 0. The number of aromatic nitrogens is 4. The molecular formula is C19H24BrN5O3. The molecule has 4 unspecified atom stereocenters. The number of carbonyl (C=O) groups is 1. The van der Waals surface area contributed by atoms with Crippen LogP contribution < -0.4 is 5.56 Å². The highest BCUT2D eigenvalue weighted by Crippen LogP contribution is 2.61. The number of likely N-dealkylation sites (tertiary alicyclic amines) is 1. The Morgan fingerprint density at radius 3 is 2.82 bits per heavy atom. The van der Waals surface area contributed by atoms with Crippen LogP contribution in [0.15, 0.2) is 9.53 Å². The minimum atomic E-state index is -0.507. The molecular weight excluding hydrogens is 426 g/mol. The van der Waals surface area contributed by atoms with Crippen LogP contribution in [0.2, 0.25) is 0 Å². The summed E-state index contributed by atoms with van der Waals surface area (Å²) in [7, 11) is 0. The van der Waals surface area contributed by atoms with Gasteiger partial charge in [-0.1, -0.05) is 6.92 Å². The van der Waals surface area contributed by atoms with Gasteiger partial charge in [-0.25, -0.2) is 9.78 Å². The van der Waals surface area contributed by atoms with E-state index in [2.05, 4.69) is 32.9 Å². The van der Waals surface area contributed by atoms with Crippen molar-refractivity contribution in [2.24, 2.45) is 5.92 Å². The number of amides is 1. The zero-order valence-corrected chi connectivity index (χ0v) is 18.0. The van der Waals surface area contributed by atoms with E-state index in [1.807, 2.05) is 25.7 Å². The van der Waals surface area contributed by atoms with Crippen LogP contribution in [0.25, 0.3) is 5.78 Å². The quantitative estimate of drug-likeness (QED) is 0.667. The van der Waals surface area contributed by atoms with Gasteiger partial charge in [0.1, 0.15) is 5.60 Å². The average Bonchev–Trinajstić information content (AvgIpc) is 3.22. The largest absolute Gasteiger partial charge is 0.444 e. The summed E-state index contributed by atoms with van der Waals surface area (Å²) in [5.41, 5.74) is 0.929. The second-order valence-corrected chi connectivity index (χ2v) is 10.2. The second-order valence-electron chi connectivity index (χ2n) is 9.42. The molecule has 0 bridgehead atoms. The zero-order valence-electron chi connectivity index (χ0n) is 16.5. The Kier molecular flexibility index (Phi) is 3.62. The summed E-state index contributed by atoms with van der Waals surface area (Å²) in [4.78, 5) is 36.8. The van der Waals surface area contributed by atoms with Crippen molar-refractivity contribution in [3.8, 4) is 0 Å². The molecule has 1 saturated carbocycles. The van der Waals surface area contributed by atoms with Crippen LogP contribution in [0, 0.1) is 5.92 Å². The van der Waals surface area contributed by atoms with Crippen molar-refractivity contribution >= 4 is 27.8 Å². The predicted octanol–water partition coefficient (Wildman–Crippen LogP) is 2.95. The molecule has 3 heterocycles. The first-order valence-corrected chi connectivity index (χ1v) is 10.6. The van der Waals surface area contributed by atoms with Crippen molar-refractivity contribution in [3.05, 3.63) is 26.3 Å². The number of ether oxygens (including phenoxy) is 1. The lowest BCUT2D eigenvalue weighted by Gasteiger charge is -2.39. The molecule has 2 fully saturated rings. The third-order valence-electron chi connectivity index (χ3n) is 6.42. The molecule has 3 aliphatic rings. The summed E-state index contributed by atoms with van der Waals surface area (Å²) in [5.74, 6) is 0.895. The van der Waals surface area contributed by atoms with Gasteiger partial charge < -0.3 is 9.64 Å². The summed E-state index contributed by atoms with van der Waals surface area (Å²) in [5, 5.41) is 2.94. The average molecular weight is 450 g/mol. The maximum absolute atomic E-state index is 13.3. The third-order valence-corrected chi connectivity index (χ3v) is 6.78. The fraction of sp³-hybridized carbons (Fsp3) is 0.684. The minimum Gasteiger partial charge on any atom is -0.444 e. The first kappa shape index (κ1) is 18.1. The first-order valence-electron chi connectivity index (χ1n) is 9.79. The molecule has 1 N–H and O–H groups in total. The van der Waals surface area contributed by atoms with Crippen LogP contribution in [0.1, 0.15) is 64.1 Å². The van der Waals surface area contributed by atoms with Crippen molar-refractivity contribution < 1.29 is 9.53 Å². The summed E-state index contributed by atoms with van der Waals surface area (Å²) in [6, 6.07) is 0.148. The fourth-order valence-corrected chi connectivity index (χ4v) is 5.71. The maximum Gasteiger partial charge on any atom is 0.410 e. The van der Waals surface area contributed by atoms with Gasteiger partial charge in [-0.05, 0) is 67.8 Å². The Morgan fingerprint density at radius 2 is 2.11 bits per heavy atom. The van der Waals surface area contributed by atoms with Gasteiger partial charge in [-0.2, -0.15) is 9.50 Å². The number of piperidine rings is 1. The van der Waals surface area contributed by atoms with Gasteiger partial charge in [0.15, 0.2) is 4.73 Å². The molecule has 2 aromatic heterocycles. The Morgan fingerprint density at radius 1 is 1.36 bits per heavy atom. The molecule has 1 saturated heterocycles. The van der Waals surface area contributed by atoms with E-state index in [9.17, 15) is 9.59 Å². The van der Waals surface area contributed by atoms with Crippen molar-refractivity contribution in [2.45, 2.75) is 69.9 Å². The number of halogens is 1. The maximum atomic E-state index is 13.3. The number of nitrogens with one attached hydrogen (secondary N) is 1. The Bertz CT molecular complexity index is 1050. The van der Waals surface area contributed by atoms with Crippen LogP contribution in [0.4, 0.5) is 4.79 Å². The Hall–Kier alpha value is -1.90. The van der Waals surface area contributed by atoms with E-state index in [0.717, 1.165) is 30.5 Å². The lowest BCUT2D eigenvalue weighted by molar-refractivity contribution is 0.0141. The SMILES string of the molecule is CC1CC2(CCN(C(=O)OC(C)(C)C)C3CC32)c2c1nc1nc(Br)[nH]n1c2=O. The highest BCUT2D eigenvalue weighted by atomic mass is 79.9. The van der Waals surface area contributed by atoms with Crippen LogP contribution in [-0.2, 0) is 10.2 Å². The summed E-state index contributed by atoms with van der Waals surface area (Å²) >= 11 is 3.29. The number of carbonyl (C=O) groups excluding carboxylic acids is 1. The van der Waals surface area contributed by atoms with Gasteiger partial charge in [0.05, 0.1) is 5.69 Å². The molecule has 0 aromatic carbocycles. The second kappa shape index (κ2) is 5.58. The first-order chi connectivity index (χ1) is 13.1. The molecule has 1 aliphatic heterocycles. The van der Waals surface area contributed by atoms with Crippen LogP contribution in [-0.4, -0.2) is 48.8 Å². The predicted molar refractivity (Wildman–Crippen MR) is 105 cm³/mol. The highest BCUT2D eigenvalue weighted by Gasteiger charge is 2.64. The molecule has 4 atom stereocenters. The normalized spacial score (nSPS) is 31.2. The molecule has 2 aliphatic carbocycles. The molecule has 5 rings (SSSR count). The van der Waals surface area contributed by atoms with E-state index in [0.29, 0.717) is 17.1 Å². The highest BCUT2D eigenvalue weighted by molar-refractivity contribution is 9.10. The number of H-pyrrole nitrogens is 1. The molecule has 1 spiro atoms. The number of hydrogen-bond acceptors (Lipinski definition) is 5. The van der Waals surface area contributed by atoms with E-state index in [1.165, 1.54) is 4.52 Å². The molecule has 28 heavy (non-hydrogen) atoms. The van der Waals surface area contributed by atoms with Gasteiger partial charge in [-0.3, -0.25) is 9.89 Å². The molecule has 9 heteroatoms. The molecule has 2 aromatic rings. The van der Waals surface area contributed by atoms with E-state index in [1.54, 1.807) is 0 Å². The molecule has 8 nitrogen and oxygen atoms in total. The lowest BCUT2D eigenvalue weighted by Crippen LogP contribution is -2.48. The molecule has 1 amide bonds. The monoisotopic (exact) mass is 449 g/mol. The van der Waals surface area contributed by atoms with E-state index < -0.39 is 5.60 Å². The molecule has 0 radical (unpaired) electrons. The minimum absolute atomic E-state index is 0.0566. The topological polar surface area (TPSA) is 92.6 Å². The number of aromatic amines is 1. The van der Waals surface area contributed by atoms with Gasteiger partial charge >= 0.3 is 6.09 Å². The summed E-state index contributed by atoms with van der Waals surface area (Å²) < 4.78 is 7.51. The van der Waals surface area contributed by atoms with E-state index in [4.69, 9.17) is 9.72 Å². The fourth-order valence-electron chi connectivity index (χ4n) is 5.38. The van der Waals surface area contributed by atoms with Gasteiger partial charge in [0.2, 0.25) is 0 Å². The van der Waals surface area contributed by atoms with Crippen LogP contribution >= 0.6 is 15.9 Å².